The van der Waals surface area contributed by atoms with E-state index in [1.807, 2.05) is 0 Å². The lowest BCUT2D eigenvalue weighted by molar-refractivity contribution is -0.119. The van der Waals surface area contributed by atoms with Gasteiger partial charge in [0.15, 0.2) is 18.2 Å². The topological polar surface area (TPSA) is 139 Å². The van der Waals surface area contributed by atoms with Crippen LogP contribution in [0, 0.1) is 29.1 Å². The first-order valence-corrected chi connectivity index (χ1v) is 9.37. The van der Waals surface area contributed by atoms with Crippen LogP contribution in [0.2, 0.25) is 0 Å². The molecule has 14 heteroatoms. The summed E-state index contributed by atoms with van der Waals surface area (Å²) in [7, 11) is 0. The molecule has 0 saturated heterocycles. The SMILES string of the molecule is NC(=O)COc1ccc(/C(N)=N/OC(=O)c2ccc(COc3c(F)c(F)c(F)c(F)c3F)o2)cc1. The van der Waals surface area contributed by atoms with Crippen LogP contribution in [0.4, 0.5) is 22.0 Å². The second-order valence-corrected chi connectivity index (χ2v) is 6.59. The number of ether oxygens (including phenoxy) is 2. The van der Waals surface area contributed by atoms with Gasteiger partial charge in [0.1, 0.15) is 18.1 Å². The van der Waals surface area contributed by atoms with Crippen molar-refractivity contribution in [3.63, 3.8) is 0 Å². The number of oxime groups is 1. The number of nitrogens with zero attached hydrogens (tertiary/aromatic N) is 1. The molecule has 9 nitrogen and oxygen atoms in total. The Morgan fingerprint density at radius 1 is 0.829 bits per heavy atom. The highest BCUT2D eigenvalue weighted by atomic mass is 19.2. The van der Waals surface area contributed by atoms with E-state index in [-0.39, 0.29) is 18.2 Å². The van der Waals surface area contributed by atoms with Crippen molar-refractivity contribution in [3.05, 3.63) is 82.6 Å². The van der Waals surface area contributed by atoms with Crippen LogP contribution in [0.1, 0.15) is 21.9 Å². The highest BCUT2D eigenvalue weighted by Crippen LogP contribution is 2.29. The molecule has 184 valence electrons. The summed E-state index contributed by atoms with van der Waals surface area (Å²) in [5, 5.41) is 3.45. The van der Waals surface area contributed by atoms with Gasteiger partial charge in [0.25, 0.3) is 5.91 Å². The molecular formula is C21H14F5N3O6. The number of amidine groups is 1. The molecule has 0 bridgehead atoms. The Hall–Kier alpha value is -4.62. The Morgan fingerprint density at radius 3 is 2.03 bits per heavy atom. The Kier molecular flexibility index (Phi) is 7.53. The van der Waals surface area contributed by atoms with Gasteiger partial charge < -0.3 is 30.2 Å². The first-order valence-electron chi connectivity index (χ1n) is 9.37. The molecule has 0 aliphatic rings. The maximum absolute atomic E-state index is 13.6. The van der Waals surface area contributed by atoms with Crippen LogP contribution in [0.15, 0.2) is 46.0 Å². The van der Waals surface area contributed by atoms with Crippen molar-refractivity contribution in [1.29, 1.82) is 0 Å². The van der Waals surface area contributed by atoms with E-state index in [1.165, 1.54) is 24.3 Å². The minimum absolute atomic E-state index is 0.204. The normalized spacial score (nSPS) is 11.3. The van der Waals surface area contributed by atoms with E-state index in [9.17, 15) is 31.5 Å². The highest BCUT2D eigenvalue weighted by molar-refractivity contribution is 5.98. The molecule has 2 aromatic carbocycles. The predicted molar refractivity (Wildman–Crippen MR) is 107 cm³/mol. The van der Waals surface area contributed by atoms with Crippen molar-refractivity contribution in [2.75, 3.05) is 6.61 Å². The van der Waals surface area contributed by atoms with E-state index in [0.717, 1.165) is 12.1 Å². The van der Waals surface area contributed by atoms with Crippen molar-refractivity contribution in [2.24, 2.45) is 16.6 Å². The van der Waals surface area contributed by atoms with Crippen molar-refractivity contribution < 1.29 is 50.3 Å². The van der Waals surface area contributed by atoms with Crippen LogP contribution in [-0.2, 0) is 16.2 Å². The Balaban J connectivity index is 1.61. The second-order valence-electron chi connectivity index (χ2n) is 6.59. The maximum atomic E-state index is 13.6. The third-order valence-corrected chi connectivity index (χ3v) is 4.15. The summed E-state index contributed by atoms with van der Waals surface area (Å²) in [5.74, 6) is -14.8. The van der Waals surface area contributed by atoms with Gasteiger partial charge in [0, 0.05) is 5.56 Å². The van der Waals surface area contributed by atoms with E-state index >= 15 is 0 Å². The number of rotatable bonds is 9. The zero-order valence-corrected chi connectivity index (χ0v) is 17.3. The smallest absolute Gasteiger partial charge is 0.400 e. The van der Waals surface area contributed by atoms with Gasteiger partial charge >= 0.3 is 5.97 Å². The van der Waals surface area contributed by atoms with Gasteiger partial charge in [-0.25, -0.2) is 18.0 Å². The average Bonchev–Trinajstić information content (AvgIpc) is 3.32. The average molecular weight is 499 g/mol. The van der Waals surface area contributed by atoms with E-state index in [0.29, 0.717) is 11.3 Å². The standard InChI is InChI=1S/C21H14F5N3O6/c22-14-15(23)17(25)19(18(26)16(14)24)33-7-11-5-6-12(34-11)21(31)35-29-20(28)9-1-3-10(4-2-9)32-8-13(27)30/h1-6H,7-8H2,(H2,27,30)(H2,28,29). The molecule has 0 saturated carbocycles. The van der Waals surface area contributed by atoms with E-state index in [4.69, 9.17) is 20.6 Å². The number of primary amides is 1. The predicted octanol–water partition coefficient (Wildman–Crippen LogP) is 2.90. The van der Waals surface area contributed by atoms with Gasteiger partial charge in [-0.05, 0) is 36.4 Å². The lowest BCUT2D eigenvalue weighted by atomic mass is 10.2. The van der Waals surface area contributed by atoms with Crippen LogP contribution < -0.4 is 20.9 Å². The van der Waals surface area contributed by atoms with Crippen molar-refractivity contribution >= 4 is 17.7 Å². The molecular weight excluding hydrogens is 485 g/mol. The van der Waals surface area contributed by atoms with Crippen molar-refractivity contribution in [2.45, 2.75) is 6.61 Å². The summed E-state index contributed by atoms with van der Waals surface area (Å²) in [4.78, 5) is 27.4. The summed E-state index contributed by atoms with van der Waals surface area (Å²) < 4.78 is 81.6. The van der Waals surface area contributed by atoms with Crippen LogP contribution in [0.5, 0.6) is 11.5 Å². The number of amides is 1. The second kappa shape index (κ2) is 10.5. The number of carbonyl (C=O) groups is 2. The fourth-order valence-corrected chi connectivity index (χ4v) is 2.48. The lowest BCUT2D eigenvalue weighted by Gasteiger charge is -2.09. The van der Waals surface area contributed by atoms with Gasteiger partial charge in [0.05, 0.1) is 0 Å². The lowest BCUT2D eigenvalue weighted by Crippen LogP contribution is -2.20. The van der Waals surface area contributed by atoms with Crippen molar-refractivity contribution in [1.82, 2.24) is 0 Å². The fraction of sp³-hybridized carbons (Fsp3) is 0.0952. The highest BCUT2D eigenvalue weighted by Gasteiger charge is 2.27. The largest absolute Gasteiger partial charge is 0.484 e. The van der Waals surface area contributed by atoms with Gasteiger partial charge in [-0.15, -0.1) is 0 Å². The summed E-state index contributed by atoms with van der Waals surface area (Å²) in [6.07, 6.45) is 0. The molecule has 35 heavy (non-hydrogen) atoms. The summed E-state index contributed by atoms with van der Waals surface area (Å²) in [5.41, 5.74) is 11.0. The van der Waals surface area contributed by atoms with Crippen LogP contribution in [0.25, 0.3) is 0 Å². The van der Waals surface area contributed by atoms with Crippen LogP contribution in [0.3, 0.4) is 0 Å². The molecule has 0 spiro atoms. The number of hydrogen-bond donors (Lipinski definition) is 2. The fourth-order valence-electron chi connectivity index (χ4n) is 2.48. The zero-order chi connectivity index (χ0) is 25.7. The third kappa shape index (κ3) is 5.85. The molecule has 0 unspecified atom stereocenters. The Bertz CT molecular complexity index is 1260. The number of carbonyl (C=O) groups excluding carboxylic acids is 2. The van der Waals surface area contributed by atoms with E-state index in [2.05, 4.69) is 14.7 Å². The molecule has 0 fully saturated rings. The van der Waals surface area contributed by atoms with Gasteiger partial charge in [0.2, 0.25) is 34.8 Å². The Morgan fingerprint density at radius 2 is 1.43 bits per heavy atom. The molecule has 0 radical (unpaired) electrons. The summed E-state index contributed by atoms with van der Waals surface area (Å²) >= 11 is 0. The minimum atomic E-state index is -2.33. The molecule has 0 atom stereocenters. The molecule has 3 aromatic rings. The molecule has 1 aromatic heterocycles. The van der Waals surface area contributed by atoms with Crippen LogP contribution in [-0.4, -0.2) is 24.3 Å². The first-order chi connectivity index (χ1) is 16.6. The summed E-state index contributed by atoms with van der Waals surface area (Å²) in [6.45, 7) is -1.10. The quantitative estimate of drug-likeness (QED) is 0.0878. The van der Waals surface area contributed by atoms with E-state index in [1.54, 1.807) is 0 Å². The Labute approximate surface area is 192 Å². The molecule has 0 aliphatic heterocycles. The van der Waals surface area contributed by atoms with E-state index < -0.39 is 59.1 Å². The van der Waals surface area contributed by atoms with Crippen LogP contribution >= 0.6 is 0 Å². The first kappa shape index (κ1) is 25.0. The molecule has 4 N–H and O–H groups in total. The summed E-state index contributed by atoms with van der Waals surface area (Å²) in [6, 6.07) is 8.09. The number of nitrogens with two attached hydrogens (primary N) is 2. The molecule has 3 rings (SSSR count). The molecule has 1 heterocycles. The third-order valence-electron chi connectivity index (χ3n) is 4.15. The van der Waals surface area contributed by atoms with Crippen molar-refractivity contribution in [3.8, 4) is 11.5 Å². The van der Waals surface area contributed by atoms with Gasteiger partial charge in [-0.1, -0.05) is 5.16 Å². The number of hydrogen-bond acceptors (Lipinski definition) is 7. The minimum Gasteiger partial charge on any atom is -0.484 e. The monoisotopic (exact) mass is 499 g/mol. The molecule has 1 amide bonds. The van der Waals surface area contributed by atoms with Gasteiger partial charge in [-0.2, -0.15) is 8.78 Å². The number of halogens is 5. The zero-order valence-electron chi connectivity index (χ0n) is 17.3. The van der Waals surface area contributed by atoms with Gasteiger partial charge in [-0.3, -0.25) is 4.79 Å². The number of benzene rings is 2. The number of furan rings is 1. The molecule has 0 aliphatic carbocycles. The maximum Gasteiger partial charge on any atom is 0.400 e.